The maximum Gasteiger partial charge on any atom is 0.334 e. The van der Waals surface area contributed by atoms with Crippen LogP contribution in [0.5, 0.6) is 5.75 Å². The molecule has 1 aromatic carbocycles. The minimum Gasteiger partial charge on any atom is -0.497 e. The van der Waals surface area contributed by atoms with Gasteiger partial charge < -0.3 is 19.9 Å². The third-order valence-electron chi connectivity index (χ3n) is 3.17. The first-order valence-electron chi connectivity index (χ1n) is 6.64. The highest BCUT2D eigenvalue weighted by molar-refractivity contribution is 5.80. The lowest BCUT2D eigenvalue weighted by atomic mass is 10.0. The maximum atomic E-state index is 11.9. The first-order valence-corrected chi connectivity index (χ1v) is 6.64. The molecule has 2 unspecified atom stereocenters. The van der Waals surface area contributed by atoms with E-state index in [-0.39, 0.29) is 18.4 Å². The molecule has 0 saturated carbocycles. The second-order valence-corrected chi connectivity index (χ2v) is 4.76. The van der Waals surface area contributed by atoms with Crippen molar-refractivity contribution >= 4 is 11.9 Å². The quantitative estimate of drug-likeness (QED) is 0.750. The second kappa shape index (κ2) is 8.26. The Bertz CT molecular complexity index is 471. The van der Waals surface area contributed by atoms with Gasteiger partial charge in [-0.1, -0.05) is 19.1 Å². The first kappa shape index (κ1) is 17.0. The van der Waals surface area contributed by atoms with E-state index in [1.54, 1.807) is 14.0 Å². The van der Waals surface area contributed by atoms with Gasteiger partial charge in [0.2, 0.25) is 5.91 Å². The van der Waals surface area contributed by atoms with Gasteiger partial charge in [0.05, 0.1) is 13.7 Å². The second-order valence-electron chi connectivity index (χ2n) is 4.76. The molecular formula is C15H21NO5. The molecule has 1 amide bonds. The molecule has 0 saturated heterocycles. The minimum absolute atomic E-state index is 0.0440. The van der Waals surface area contributed by atoms with Gasteiger partial charge in [-0.3, -0.25) is 4.79 Å². The van der Waals surface area contributed by atoms with Crippen LogP contribution < -0.4 is 10.1 Å². The molecule has 21 heavy (non-hydrogen) atoms. The highest BCUT2D eigenvalue weighted by Gasteiger charge is 2.19. The van der Waals surface area contributed by atoms with E-state index in [4.69, 9.17) is 14.6 Å². The molecule has 0 aromatic heterocycles. The van der Waals surface area contributed by atoms with E-state index in [2.05, 4.69) is 5.32 Å². The molecule has 0 heterocycles. The molecule has 0 spiro atoms. The summed E-state index contributed by atoms with van der Waals surface area (Å²) in [5.74, 6) is -0.792. The SMILES string of the molecule is COc1ccc(CC(C)C(=O)NCC(OC)C(=O)O)cc1. The number of carbonyl (C=O) groups excluding carboxylic acids is 1. The summed E-state index contributed by atoms with van der Waals surface area (Å²) in [6, 6.07) is 7.48. The van der Waals surface area contributed by atoms with Gasteiger partial charge in [-0.15, -0.1) is 0 Å². The molecule has 6 heteroatoms. The van der Waals surface area contributed by atoms with Crippen molar-refractivity contribution in [2.75, 3.05) is 20.8 Å². The monoisotopic (exact) mass is 295 g/mol. The molecule has 1 rings (SSSR count). The molecule has 0 bridgehead atoms. The van der Waals surface area contributed by atoms with Gasteiger partial charge >= 0.3 is 5.97 Å². The predicted octanol–water partition coefficient (Wildman–Crippen LogP) is 1.09. The summed E-state index contributed by atoms with van der Waals surface area (Å²) in [6.07, 6.45) is -0.456. The minimum atomic E-state index is -1.10. The number of nitrogens with one attached hydrogen (secondary N) is 1. The van der Waals surface area contributed by atoms with E-state index in [0.29, 0.717) is 6.42 Å². The van der Waals surface area contributed by atoms with E-state index in [9.17, 15) is 9.59 Å². The number of rotatable bonds is 8. The zero-order valence-corrected chi connectivity index (χ0v) is 12.5. The van der Waals surface area contributed by atoms with Crippen LogP contribution in [0.15, 0.2) is 24.3 Å². The van der Waals surface area contributed by atoms with Gasteiger partial charge in [-0.2, -0.15) is 0 Å². The Labute approximate surface area is 124 Å². The van der Waals surface area contributed by atoms with Crippen molar-refractivity contribution in [3.05, 3.63) is 29.8 Å². The van der Waals surface area contributed by atoms with Gasteiger partial charge in [0.1, 0.15) is 5.75 Å². The van der Waals surface area contributed by atoms with Crippen molar-refractivity contribution < 1.29 is 24.2 Å². The summed E-state index contributed by atoms with van der Waals surface area (Å²) in [5.41, 5.74) is 1.01. The zero-order valence-electron chi connectivity index (χ0n) is 12.5. The number of benzene rings is 1. The first-order chi connectivity index (χ1) is 9.97. The predicted molar refractivity (Wildman–Crippen MR) is 77.3 cm³/mol. The molecule has 0 fully saturated rings. The standard InChI is InChI=1S/C15H21NO5/c1-10(8-11-4-6-12(20-2)7-5-11)14(17)16-9-13(21-3)15(18)19/h4-7,10,13H,8-9H2,1-3H3,(H,16,17)(H,18,19). The molecule has 2 N–H and O–H groups in total. The molecule has 0 radical (unpaired) electrons. The number of carboxylic acids is 1. The van der Waals surface area contributed by atoms with Crippen LogP contribution >= 0.6 is 0 Å². The van der Waals surface area contributed by atoms with Crippen LogP contribution in [0.3, 0.4) is 0 Å². The van der Waals surface area contributed by atoms with Crippen LogP contribution in [0.25, 0.3) is 0 Å². The average Bonchev–Trinajstić information content (AvgIpc) is 2.48. The fourth-order valence-electron chi connectivity index (χ4n) is 1.85. The molecular weight excluding hydrogens is 274 g/mol. The summed E-state index contributed by atoms with van der Waals surface area (Å²) in [7, 11) is 2.89. The van der Waals surface area contributed by atoms with Gasteiger partial charge in [0, 0.05) is 13.0 Å². The van der Waals surface area contributed by atoms with Crippen LogP contribution in [0.4, 0.5) is 0 Å². The van der Waals surface area contributed by atoms with Crippen molar-refractivity contribution in [1.29, 1.82) is 0 Å². The van der Waals surface area contributed by atoms with E-state index >= 15 is 0 Å². The van der Waals surface area contributed by atoms with Crippen molar-refractivity contribution in [1.82, 2.24) is 5.32 Å². The Kier molecular flexibility index (Phi) is 6.68. The van der Waals surface area contributed by atoms with Gasteiger partial charge in [0.15, 0.2) is 6.10 Å². The number of ether oxygens (including phenoxy) is 2. The molecule has 0 aliphatic carbocycles. The number of methoxy groups -OCH3 is 2. The molecule has 116 valence electrons. The van der Waals surface area contributed by atoms with Crippen molar-refractivity contribution in [3.63, 3.8) is 0 Å². The maximum absolute atomic E-state index is 11.9. The number of hydrogen-bond donors (Lipinski definition) is 2. The molecule has 1 aromatic rings. The summed E-state index contributed by atoms with van der Waals surface area (Å²) in [6.45, 7) is 1.75. The van der Waals surface area contributed by atoms with E-state index in [1.165, 1.54) is 7.11 Å². The fraction of sp³-hybridized carbons (Fsp3) is 0.467. The van der Waals surface area contributed by atoms with Crippen molar-refractivity contribution in [2.45, 2.75) is 19.4 Å². The number of carbonyl (C=O) groups is 2. The zero-order chi connectivity index (χ0) is 15.8. The van der Waals surface area contributed by atoms with E-state index < -0.39 is 12.1 Å². The summed E-state index contributed by atoms with van der Waals surface area (Å²) in [4.78, 5) is 22.7. The Hall–Kier alpha value is -2.08. The van der Waals surface area contributed by atoms with Crippen LogP contribution in [0.1, 0.15) is 12.5 Å². The number of hydrogen-bond acceptors (Lipinski definition) is 4. The highest BCUT2D eigenvalue weighted by Crippen LogP contribution is 2.14. The lowest BCUT2D eigenvalue weighted by Gasteiger charge is -2.15. The third-order valence-corrected chi connectivity index (χ3v) is 3.17. The van der Waals surface area contributed by atoms with E-state index in [0.717, 1.165) is 11.3 Å². The van der Waals surface area contributed by atoms with E-state index in [1.807, 2.05) is 24.3 Å². The van der Waals surface area contributed by atoms with Crippen LogP contribution in [0, 0.1) is 5.92 Å². The van der Waals surface area contributed by atoms with Crippen LogP contribution in [-0.4, -0.2) is 43.9 Å². The Morgan fingerprint density at radius 2 is 1.86 bits per heavy atom. The van der Waals surface area contributed by atoms with Crippen LogP contribution in [0.2, 0.25) is 0 Å². The molecule has 0 aliphatic heterocycles. The lowest BCUT2D eigenvalue weighted by Crippen LogP contribution is -2.40. The van der Waals surface area contributed by atoms with Gasteiger partial charge in [-0.05, 0) is 24.1 Å². The van der Waals surface area contributed by atoms with Gasteiger partial charge in [0.25, 0.3) is 0 Å². The topological polar surface area (TPSA) is 84.9 Å². The Balaban J connectivity index is 2.48. The number of aliphatic carboxylic acids is 1. The normalized spacial score (nSPS) is 13.3. The average molecular weight is 295 g/mol. The third kappa shape index (κ3) is 5.43. The van der Waals surface area contributed by atoms with Gasteiger partial charge in [-0.25, -0.2) is 4.79 Å². The Morgan fingerprint density at radius 1 is 1.24 bits per heavy atom. The molecule has 0 aliphatic rings. The number of amides is 1. The largest absolute Gasteiger partial charge is 0.497 e. The summed E-state index contributed by atoms with van der Waals surface area (Å²) in [5, 5.41) is 11.4. The molecule has 6 nitrogen and oxygen atoms in total. The summed E-state index contributed by atoms with van der Waals surface area (Å²) >= 11 is 0. The summed E-state index contributed by atoms with van der Waals surface area (Å²) < 4.78 is 9.83. The van der Waals surface area contributed by atoms with Crippen molar-refractivity contribution in [3.8, 4) is 5.75 Å². The number of carboxylic acid groups (broad SMARTS) is 1. The fourth-order valence-corrected chi connectivity index (χ4v) is 1.85. The van der Waals surface area contributed by atoms with Crippen molar-refractivity contribution in [2.24, 2.45) is 5.92 Å². The Morgan fingerprint density at radius 3 is 2.33 bits per heavy atom. The molecule has 2 atom stereocenters. The van der Waals surface area contributed by atoms with Crippen LogP contribution in [-0.2, 0) is 20.7 Å². The highest BCUT2D eigenvalue weighted by atomic mass is 16.5. The smallest absolute Gasteiger partial charge is 0.334 e. The lowest BCUT2D eigenvalue weighted by molar-refractivity contribution is -0.148.